The number of amides is 2. The summed E-state index contributed by atoms with van der Waals surface area (Å²) in [6, 6.07) is 10.8. The van der Waals surface area contributed by atoms with Gasteiger partial charge in [0.2, 0.25) is 11.7 Å². The van der Waals surface area contributed by atoms with Crippen molar-refractivity contribution in [1.82, 2.24) is 15.2 Å². The number of aliphatic hydroxyl groups is 3. The number of aromatic nitrogens is 1. The fourth-order valence-electron chi connectivity index (χ4n) is 9.42. The van der Waals surface area contributed by atoms with E-state index < -0.39 is 151 Å². The first-order valence-electron chi connectivity index (χ1n) is 20.4. The van der Waals surface area contributed by atoms with Crippen molar-refractivity contribution in [3.05, 3.63) is 93.7 Å². The third kappa shape index (κ3) is 7.66. The van der Waals surface area contributed by atoms with Gasteiger partial charge in [0.05, 0.1) is 72.3 Å². The van der Waals surface area contributed by atoms with E-state index in [0.717, 1.165) is 0 Å². The molecule has 3 heterocycles. The molecule has 2 aliphatic heterocycles. The van der Waals surface area contributed by atoms with E-state index >= 15 is 0 Å². The van der Waals surface area contributed by atoms with E-state index in [1.54, 1.807) is 24.3 Å². The second kappa shape index (κ2) is 16.7. The number of aliphatic hydroxyl groups excluding tert-OH is 2. The number of methoxy groups -OCH3 is 1. The van der Waals surface area contributed by atoms with E-state index in [1.165, 1.54) is 44.5 Å². The summed E-state index contributed by atoms with van der Waals surface area (Å²) in [5.41, 5.74) is -3.88. The van der Waals surface area contributed by atoms with Crippen LogP contribution in [0, 0.1) is 5.92 Å². The van der Waals surface area contributed by atoms with Crippen molar-refractivity contribution in [2.75, 3.05) is 26.8 Å². The molecule has 2 amide bonds. The predicted octanol–water partition coefficient (Wildman–Crippen LogP) is 2.46. The molecule has 2 fully saturated rings. The van der Waals surface area contributed by atoms with Crippen LogP contribution in [0.15, 0.2) is 54.7 Å². The molecule has 8 rings (SSSR count). The topological polar surface area (TPSA) is 259 Å². The predicted molar refractivity (Wildman–Crippen MR) is 216 cm³/mol. The molecule has 336 valence electrons. The highest BCUT2D eigenvalue weighted by Crippen LogP contribution is 2.53. The Morgan fingerprint density at radius 1 is 0.984 bits per heavy atom. The minimum absolute atomic E-state index is 0.00740. The molecule has 3 aromatic carbocycles. The summed E-state index contributed by atoms with van der Waals surface area (Å²) in [5.74, 6) is -11.4. The van der Waals surface area contributed by atoms with Gasteiger partial charge in [0, 0.05) is 60.4 Å². The van der Waals surface area contributed by atoms with Gasteiger partial charge >= 0.3 is 0 Å². The van der Waals surface area contributed by atoms with Gasteiger partial charge in [-0.25, -0.2) is 8.78 Å². The van der Waals surface area contributed by atoms with Crippen LogP contribution >= 0.6 is 0 Å². The average Bonchev–Trinajstić information content (AvgIpc) is 3.61. The molecule has 5 unspecified atom stereocenters. The third-order valence-electron chi connectivity index (χ3n) is 12.6. The van der Waals surface area contributed by atoms with E-state index in [-0.39, 0.29) is 40.0 Å². The Bertz CT molecular complexity index is 2630. The second-order valence-corrected chi connectivity index (χ2v) is 16.6. The van der Waals surface area contributed by atoms with Gasteiger partial charge in [-0.05, 0) is 31.0 Å². The number of phenolic OH excluding ortho intramolecular Hbond substituents is 2. The maximum absolute atomic E-state index is 15.0. The molecule has 0 saturated carbocycles. The minimum atomic E-state index is -3.46. The number of fused-ring (bicyclic) bond motifs is 4. The van der Waals surface area contributed by atoms with Crippen LogP contribution in [-0.2, 0) is 30.3 Å². The molecular weight excluding hydrogens is 844 g/mol. The Labute approximate surface area is 362 Å². The van der Waals surface area contributed by atoms with E-state index in [0.29, 0.717) is 15.8 Å². The Morgan fingerprint density at radius 2 is 1.72 bits per heavy atom. The number of hydrogen-bond donors (Lipinski definition) is 6. The fourth-order valence-corrected chi connectivity index (χ4v) is 9.42. The lowest BCUT2D eigenvalue weighted by atomic mass is 9.72. The smallest absolute Gasteiger partial charge is 0.267 e. The van der Waals surface area contributed by atoms with Crippen molar-refractivity contribution in [1.29, 1.82) is 0 Å². The van der Waals surface area contributed by atoms with Crippen LogP contribution in [0.4, 0.5) is 8.78 Å². The van der Waals surface area contributed by atoms with Crippen molar-refractivity contribution in [3.63, 3.8) is 0 Å². The number of ether oxygens (including phenoxy) is 3. The lowest BCUT2D eigenvalue weighted by molar-refractivity contribution is -0.257. The summed E-state index contributed by atoms with van der Waals surface area (Å²) in [4.78, 5) is 86.2. The van der Waals surface area contributed by atoms with Gasteiger partial charge in [-0.15, -0.1) is 0 Å². The number of hydrogen-bond acceptors (Lipinski definition) is 15. The summed E-state index contributed by atoms with van der Waals surface area (Å²) in [6.07, 6.45) is -7.36. The number of ketones is 4. The van der Waals surface area contributed by atoms with Gasteiger partial charge in [-0.1, -0.05) is 30.3 Å². The van der Waals surface area contributed by atoms with Gasteiger partial charge in [0.1, 0.15) is 29.5 Å². The summed E-state index contributed by atoms with van der Waals surface area (Å²) in [6.45, 7) is -1.53. The number of halogens is 2. The van der Waals surface area contributed by atoms with Crippen LogP contribution in [0.2, 0.25) is 0 Å². The summed E-state index contributed by atoms with van der Waals surface area (Å²) in [7, 11) is 1.27. The number of pyridine rings is 1. The first-order chi connectivity index (χ1) is 30.4. The zero-order chi connectivity index (χ0) is 46.0. The zero-order valence-electron chi connectivity index (χ0n) is 34.4. The number of nitrogens with zero attached hydrogens (tertiary/aromatic N) is 2. The summed E-state index contributed by atoms with van der Waals surface area (Å²) >= 11 is 0. The van der Waals surface area contributed by atoms with Crippen molar-refractivity contribution in [3.8, 4) is 17.2 Å². The zero-order valence-corrected chi connectivity index (χ0v) is 34.4. The molecule has 1 aromatic heterocycles. The van der Waals surface area contributed by atoms with Crippen molar-refractivity contribution in [2.45, 2.75) is 81.2 Å². The molecule has 19 heteroatoms. The van der Waals surface area contributed by atoms with E-state index in [2.05, 4.69) is 10.3 Å². The average molecular weight is 888 g/mol. The summed E-state index contributed by atoms with van der Waals surface area (Å²) in [5, 5.41) is 59.1. The van der Waals surface area contributed by atoms with Crippen LogP contribution in [0.1, 0.15) is 92.0 Å². The Morgan fingerprint density at radius 3 is 2.45 bits per heavy atom. The summed E-state index contributed by atoms with van der Waals surface area (Å²) < 4.78 is 47.4. The SMILES string of the molecule is COc1cccc2c1C(=O)c1c(O)c3c(c(O)c1C2=O)C[C@@](O)(C(=O)CO)CC3OC1CC(CC(=O)[C@@H]2CC(F)(F)CN2C(=O)CNC(=O)c2ccnc3ccccc23)C(O)C(C)O1. The molecule has 4 aliphatic rings. The molecule has 2 aliphatic carbocycles. The van der Waals surface area contributed by atoms with Crippen LogP contribution in [0.3, 0.4) is 0 Å². The van der Waals surface area contributed by atoms with E-state index in [4.69, 9.17) is 14.2 Å². The molecule has 4 aromatic rings. The quantitative estimate of drug-likeness (QED) is 0.104. The van der Waals surface area contributed by atoms with E-state index in [9.17, 15) is 63.1 Å². The minimum Gasteiger partial charge on any atom is -0.507 e. The number of benzene rings is 3. The molecule has 17 nitrogen and oxygen atoms in total. The number of phenols is 2. The number of Topliss-reactive ketones (excluding diaryl/α,β-unsaturated/α-hetero) is 2. The number of alkyl halides is 2. The Balaban J connectivity index is 1.04. The number of carbonyl (C=O) groups is 6. The van der Waals surface area contributed by atoms with Crippen molar-refractivity contribution >= 4 is 45.9 Å². The lowest BCUT2D eigenvalue weighted by Crippen LogP contribution is -2.50. The number of carbonyl (C=O) groups excluding carboxylic acids is 6. The third-order valence-corrected chi connectivity index (χ3v) is 12.6. The van der Waals surface area contributed by atoms with Gasteiger partial charge in [0.25, 0.3) is 11.8 Å². The number of likely N-dealkylation sites (tertiary alicyclic amines) is 1. The first-order valence-corrected chi connectivity index (χ1v) is 20.4. The largest absolute Gasteiger partial charge is 0.507 e. The molecule has 7 atom stereocenters. The highest BCUT2D eigenvalue weighted by molar-refractivity contribution is 6.31. The molecule has 0 radical (unpaired) electrons. The number of para-hydroxylation sites is 1. The standard InChI is InChI=1S/C45H43F2N3O14/c1-20-38(55)21(12-28(52)27-15-45(46,47)19-50(27)32(54)17-49-43(60)23-10-11-48-26-8-4-3-6-22(23)26)13-33(63-20)64-30-16-44(61,31(53)18-51)14-25-35(30)42(59)37-36(40(25)57)39(56)24-7-5-9-29(62-2)34(24)41(37)58/h3-11,20-21,27,30,33,38,51,55,57,59,61H,12-19H2,1-2H3,(H,49,60)/t20?,21?,27-,30?,33?,38?,44-/m0/s1. The fraction of sp³-hybridized carbons (Fsp3) is 0.400. The second-order valence-electron chi connectivity index (χ2n) is 16.6. The molecule has 0 bridgehead atoms. The number of aromatic hydroxyl groups is 2. The molecule has 6 N–H and O–H groups in total. The molecule has 64 heavy (non-hydrogen) atoms. The maximum Gasteiger partial charge on any atom is 0.267 e. The van der Waals surface area contributed by atoms with Crippen LogP contribution in [0.5, 0.6) is 17.2 Å². The monoisotopic (exact) mass is 887 g/mol. The Kier molecular flexibility index (Phi) is 11.6. The van der Waals surface area contributed by atoms with Crippen LogP contribution < -0.4 is 10.1 Å². The maximum atomic E-state index is 15.0. The van der Waals surface area contributed by atoms with E-state index in [1.807, 2.05) is 0 Å². The van der Waals surface area contributed by atoms with Gasteiger partial charge < -0.3 is 50.0 Å². The molecular formula is C45H43F2N3O14. The first kappa shape index (κ1) is 44.4. The Hall–Kier alpha value is -6.25. The highest BCUT2D eigenvalue weighted by Gasteiger charge is 2.52. The lowest BCUT2D eigenvalue weighted by Gasteiger charge is -2.43. The normalized spacial score (nSPS) is 25.9. The molecule has 0 spiro atoms. The molecule has 2 saturated heterocycles. The number of nitrogens with one attached hydrogen (secondary N) is 1. The van der Waals surface area contributed by atoms with Crippen molar-refractivity contribution < 1.29 is 77.3 Å². The van der Waals surface area contributed by atoms with Gasteiger partial charge in [-0.3, -0.25) is 33.8 Å². The highest BCUT2D eigenvalue weighted by atomic mass is 19.3. The van der Waals surface area contributed by atoms with Gasteiger partial charge in [0.15, 0.2) is 23.6 Å². The van der Waals surface area contributed by atoms with Crippen molar-refractivity contribution in [2.24, 2.45) is 5.92 Å². The number of rotatable bonds is 11. The van der Waals surface area contributed by atoms with Gasteiger partial charge in [-0.2, -0.15) is 0 Å². The van der Waals surface area contributed by atoms with Crippen LogP contribution in [-0.4, -0.2) is 133 Å². The van der Waals surface area contributed by atoms with Crippen LogP contribution in [0.25, 0.3) is 10.9 Å².